The molecule has 10 heteroatoms. The van der Waals surface area contributed by atoms with Crippen molar-refractivity contribution in [1.29, 1.82) is 0 Å². The smallest absolute Gasteiger partial charge is 0.416 e. The summed E-state index contributed by atoms with van der Waals surface area (Å²) in [5.74, 6) is -1.74. The van der Waals surface area contributed by atoms with E-state index >= 15 is 0 Å². The summed E-state index contributed by atoms with van der Waals surface area (Å²) in [5, 5.41) is 6.31. The van der Waals surface area contributed by atoms with Gasteiger partial charge in [-0.25, -0.2) is 14.5 Å². The molecular formula is C19H15F3N4O3. The molecule has 1 N–H and O–H groups in total. The summed E-state index contributed by atoms with van der Waals surface area (Å²) >= 11 is 0. The number of nitrogens with one attached hydrogen (secondary N) is 1. The Morgan fingerprint density at radius 1 is 1.10 bits per heavy atom. The third-order valence-electron chi connectivity index (χ3n) is 3.85. The van der Waals surface area contributed by atoms with E-state index in [4.69, 9.17) is 4.74 Å². The van der Waals surface area contributed by atoms with Crippen LogP contribution in [0.3, 0.4) is 0 Å². The van der Waals surface area contributed by atoms with Crippen LogP contribution in [0.5, 0.6) is 0 Å². The van der Waals surface area contributed by atoms with Gasteiger partial charge in [-0.05, 0) is 18.2 Å². The summed E-state index contributed by atoms with van der Waals surface area (Å²) in [6.45, 7) is -0.534. The van der Waals surface area contributed by atoms with Crippen LogP contribution in [-0.2, 0) is 15.7 Å². The average molecular weight is 404 g/mol. The zero-order valence-electron chi connectivity index (χ0n) is 15.1. The van der Waals surface area contributed by atoms with E-state index in [2.05, 4.69) is 15.4 Å². The number of nitrogens with zero attached hydrogens (tertiary/aromatic N) is 3. The minimum absolute atomic E-state index is 0.0662. The van der Waals surface area contributed by atoms with Gasteiger partial charge in [0.2, 0.25) is 0 Å². The lowest BCUT2D eigenvalue weighted by Crippen LogP contribution is -2.25. The van der Waals surface area contributed by atoms with Crippen molar-refractivity contribution in [3.05, 3.63) is 66.0 Å². The molecule has 0 spiro atoms. The van der Waals surface area contributed by atoms with Crippen LogP contribution in [0, 0.1) is 0 Å². The van der Waals surface area contributed by atoms with Gasteiger partial charge in [-0.1, -0.05) is 36.4 Å². The molecule has 0 saturated heterocycles. The van der Waals surface area contributed by atoms with Gasteiger partial charge in [0.1, 0.15) is 0 Å². The zero-order valence-corrected chi connectivity index (χ0v) is 15.1. The number of likely N-dealkylation sites (N-methyl/N-ethyl adjacent to an activating group) is 1. The number of hydrogen-bond acceptors (Lipinski definition) is 5. The molecule has 3 aromatic rings. The minimum Gasteiger partial charge on any atom is -0.450 e. The second-order valence-corrected chi connectivity index (χ2v) is 5.83. The van der Waals surface area contributed by atoms with Crippen LogP contribution in [0.15, 0.2) is 54.6 Å². The van der Waals surface area contributed by atoms with Gasteiger partial charge in [-0.15, -0.1) is 5.10 Å². The molecule has 1 heterocycles. The molecule has 0 bridgehead atoms. The quantitative estimate of drug-likeness (QED) is 0.661. The monoisotopic (exact) mass is 404 g/mol. The maximum absolute atomic E-state index is 13.1. The number of amides is 1. The normalized spacial score (nSPS) is 11.2. The van der Waals surface area contributed by atoms with E-state index < -0.39 is 30.2 Å². The first kappa shape index (κ1) is 20.1. The van der Waals surface area contributed by atoms with Gasteiger partial charge in [0.25, 0.3) is 11.7 Å². The van der Waals surface area contributed by atoms with Gasteiger partial charge in [0.05, 0.1) is 11.3 Å². The fourth-order valence-corrected chi connectivity index (χ4v) is 2.43. The zero-order chi connectivity index (χ0) is 21.0. The summed E-state index contributed by atoms with van der Waals surface area (Å²) < 4.78 is 45.2. The van der Waals surface area contributed by atoms with Crippen molar-refractivity contribution in [2.45, 2.75) is 6.18 Å². The highest BCUT2D eigenvalue weighted by atomic mass is 19.4. The van der Waals surface area contributed by atoms with Crippen molar-refractivity contribution in [3.8, 4) is 17.1 Å². The maximum atomic E-state index is 13.1. The Morgan fingerprint density at radius 2 is 1.83 bits per heavy atom. The number of hydrogen-bond donors (Lipinski definition) is 1. The van der Waals surface area contributed by atoms with E-state index in [-0.39, 0.29) is 17.3 Å². The van der Waals surface area contributed by atoms with Gasteiger partial charge < -0.3 is 10.1 Å². The molecule has 1 amide bonds. The van der Waals surface area contributed by atoms with Crippen LogP contribution in [-0.4, -0.2) is 40.3 Å². The van der Waals surface area contributed by atoms with Gasteiger partial charge in [-0.2, -0.15) is 13.2 Å². The molecule has 3 rings (SSSR count). The Balaban J connectivity index is 2.05. The second kappa shape index (κ2) is 8.13. The van der Waals surface area contributed by atoms with Gasteiger partial charge >= 0.3 is 12.1 Å². The number of esters is 1. The fraction of sp³-hybridized carbons (Fsp3) is 0.158. The molecule has 0 unspecified atom stereocenters. The molecule has 29 heavy (non-hydrogen) atoms. The van der Waals surface area contributed by atoms with Gasteiger partial charge in [-0.3, -0.25) is 4.79 Å². The van der Waals surface area contributed by atoms with Crippen molar-refractivity contribution >= 4 is 11.9 Å². The van der Waals surface area contributed by atoms with Crippen LogP contribution < -0.4 is 5.32 Å². The van der Waals surface area contributed by atoms with E-state index in [9.17, 15) is 22.8 Å². The first-order valence-corrected chi connectivity index (χ1v) is 8.37. The Bertz CT molecular complexity index is 1030. The van der Waals surface area contributed by atoms with Crippen molar-refractivity contribution in [2.24, 2.45) is 0 Å². The van der Waals surface area contributed by atoms with Crippen LogP contribution in [0.4, 0.5) is 13.2 Å². The Morgan fingerprint density at radius 3 is 2.48 bits per heavy atom. The van der Waals surface area contributed by atoms with E-state index in [1.165, 1.54) is 19.2 Å². The first-order valence-electron chi connectivity index (χ1n) is 8.37. The summed E-state index contributed by atoms with van der Waals surface area (Å²) in [6.07, 6.45) is -4.54. The number of halogens is 3. The topological polar surface area (TPSA) is 86.1 Å². The van der Waals surface area contributed by atoms with E-state index in [0.717, 1.165) is 16.8 Å². The molecule has 2 aromatic carbocycles. The predicted molar refractivity (Wildman–Crippen MR) is 96.1 cm³/mol. The molecule has 0 radical (unpaired) electrons. The predicted octanol–water partition coefficient (Wildman–Crippen LogP) is 2.86. The Hall–Kier alpha value is -3.69. The Labute approximate surface area is 163 Å². The summed E-state index contributed by atoms with van der Waals surface area (Å²) in [6, 6.07) is 13.0. The number of benzene rings is 2. The second-order valence-electron chi connectivity index (χ2n) is 5.83. The highest BCUT2D eigenvalue weighted by Gasteiger charge is 2.31. The molecule has 150 valence electrons. The van der Waals surface area contributed by atoms with E-state index in [1.807, 2.05) is 0 Å². The number of rotatable bonds is 5. The average Bonchev–Trinajstić information content (AvgIpc) is 3.17. The highest BCUT2D eigenvalue weighted by molar-refractivity contribution is 5.88. The number of carbonyl (C=O) groups is 2. The molecular weight excluding hydrogens is 389 g/mol. The number of aromatic nitrogens is 3. The van der Waals surface area contributed by atoms with Crippen molar-refractivity contribution in [2.75, 3.05) is 13.7 Å². The van der Waals surface area contributed by atoms with Crippen molar-refractivity contribution in [1.82, 2.24) is 20.1 Å². The molecule has 0 saturated carbocycles. The van der Waals surface area contributed by atoms with Crippen LogP contribution in [0.1, 0.15) is 16.2 Å². The highest BCUT2D eigenvalue weighted by Crippen LogP contribution is 2.31. The van der Waals surface area contributed by atoms with E-state index in [1.54, 1.807) is 30.3 Å². The lowest BCUT2D eigenvalue weighted by molar-refractivity contribution is -0.137. The standard InChI is InChI=1S/C19H15F3N4O3/c1-23-15(27)11-29-18(28)16-24-17(12-6-3-2-4-7-12)26(25-16)14-9-5-8-13(10-14)19(20,21)22/h2-10H,11H2,1H3,(H,23,27). The third-order valence-corrected chi connectivity index (χ3v) is 3.85. The van der Waals surface area contributed by atoms with Crippen LogP contribution in [0.25, 0.3) is 17.1 Å². The SMILES string of the molecule is CNC(=O)COC(=O)c1nc(-c2ccccc2)n(-c2cccc(C(F)(F)F)c2)n1. The molecule has 0 aliphatic rings. The third kappa shape index (κ3) is 4.60. The lowest BCUT2D eigenvalue weighted by atomic mass is 10.2. The molecule has 0 atom stereocenters. The van der Waals surface area contributed by atoms with Gasteiger partial charge in [0, 0.05) is 12.6 Å². The molecule has 0 aliphatic heterocycles. The lowest BCUT2D eigenvalue weighted by Gasteiger charge is -2.10. The number of alkyl halides is 3. The fourth-order valence-electron chi connectivity index (χ4n) is 2.43. The molecule has 7 nitrogen and oxygen atoms in total. The van der Waals surface area contributed by atoms with Gasteiger partial charge in [0.15, 0.2) is 12.4 Å². The largest absolute Gasteiger partial charge is 0.450 e. The summed E-state index contributed by atoms with van der Waals surface area (Å²) in [4.78, 5) is 27.6. The van der Waals surface area contributed by atoms with E-state index in [0.29, 0.717) is 5.56 Å². The molecule has 0 aliphatic carbocycles. The molecule has 0 fully saturated rings. The van der Waals surface area contributed by atoms with Crippen molar-refractivity contribution in [3.63, 3.8) is 0 Å². The number of carbonyl (C=O) groups excluding carboxylic acids is 2. The first-order chi connectivity index (χ1) is 13.8. The van der Waals surface area contributed by atoms with Crippen LogP contribution in [0.2, 0.25) is 0 Å². The van der Waals surface area contributed by atoms with Crippen molar-refractivity contribution < 1.29 is 27.5 Å². The summed E-state index contributed by atoms with van der Waals surface area (Å²) in [5.41, 5.74) is -0.271. The minimum atomic E-state index is -4.54. The summed E-state index contributed by atoms with van der Waals surface area (Å²) in [7, 11) is 1.38. The number of ether oxygens (including phenoxy) is 1. The van der Waals surface area contributed by atoms with Crippen LogP contribution >= 0.6 is 0 Å². The molecule has 1 aromatic heterocycles. The maximum Gasteiger partial charge on any atom is 0.416 e. The Kier molecular flexibility index (Phi) is 5.62.